The van der Waals surface area contributed by atoms with Crippen molar-refractivity contribution in [3.05, 3.63) is 34.5 Å². The van der Waals surface area contributed by atoms with Gasteiger partial charge < -0.3 is 4.74 Å². The third-order valence-corrected chi connectivity index (χ3v) is 5.10. The summed E-state index contributed by atoms with van der Waals surface area (Å²) in [6.45, 7) is 4.51. The minimum Gasteiger partial charge on any atom is -0.378 e. The van der Waals surface area contributed by atoms with Crippen LogP contribution in [0.5, 0.6) is 0 Å². The minimum absolute atomic E-state index is 0.141. The molecule has 0 spiro atoms. The van der Waals surface area contributed by atoms with Crippen molar-refractivity contribution in [2.45, 2.75) is 55.5 Å². The zero-order chi connectivity index (χ0) is 15.3. The molecule has 21 heavy (non-hydrogen) atoms. The second kappa shape index (κ2) is 7.22. The first-order valence-corrected chi connectivity index (χ1v) is 8.19. The lowest BCUT2D eigenvalue weighted by atomic mass is 9.92. The second-order valence-corrected chi connectivity index (χ2v) is 7.29. The standard InChI is InChI=1S/C15H22N2O3S/c1-12(13-7-4-6-10-20-13)11-15(2,17(18)19)21-14-8-3-5-9-16-14/h3,5,8-9,12-13H,4,6-7,10-11H2,1-2H3/t12-,13-,15?/m0/s1. The van der Waals surface area contributed by atoms with E-state index < -0.39 is 4.87 Å². The minimum atomic E-state index is -1.07. The van der Waals surface area contributed by atoms with Crippen LogP contribution in [0.2, 0.25) is 0 Å². The average Bonchev–Trinajstić information content (AvgIpc) is 2.49. The Labute approximate surface area is 129 Å². The Balaban J connectivity index is 2.05. The van der Waals surface area contributed by atoms with E-state index in [2.05, 4.69) is 11.9 Å². The van der Waals surface area contributed by atoms with Crippen LogP contribution in [0.15, 0.2) is 29.4 Å². The maximum atomic E-state index is 11.6. The number of rotatable bonds is 6. The normalized spacial score (nSPS) is 23.2. The largest absolute Gasteiger partial charge is 0.378 e. The summed E-state index contributed by atoms with van der Waals surface area (Å²) in [5, 5.41) is 12.2. The van der Waals surface area contributed by atoms with Crippen molar-refractivity contribution in [1.82, 2.24) is 4.98 Å². The molecule has 0 amide bonds. The van der Waals surface area contributed by atoms with Crippen molar-refractivity contribution in [2.24, 2.45) is 5.92 Å². The molecular weight excluding hydrogens is 288 g/mol. The maximum Gasteiger partial charge on any atom is 0.270 e. The average molecular weight is 310 g/mol. The number of nitro groups is 1. The number of pyridine rings is 1. The van der Waals surface area contributed by atoms with Gasteiger partial charge in [0.05, 0.1) is 6.10 Å². The van der Waals surface area contributed by atoms with Crippen molar-refractivity contribution in [1.29, 1.82) is 0 Å². The highest BCUT2D eigenvalue weighted by Crippen LogP contribution is 2.39. The molecule has 0 aliphatic carbocycles. The molecular formula is C15H22N2O3S. The first-order valence-electron chi connectivity index (χ1n) is 7.37. The second-order valence-electron chi connectivity index (χ2n) is 5.79. The third-order valence-electron chi connectivity index (χ3n) is 3.90. The fourth-order valence-electron chi connectivity index (χ4n) is 2.73. The van der Waals surface area contributed by atoms with Gasteiger partial charge in [-0.15, -0.1) is 0 Å². The van der Waals surface area contributed by atoms with Gasteiger partial charge in [-0.05, 0) is 49.1 Å². The summed E-state index contributed by atoms with van der Waals surface area (Å²) < 4.78 is 5.77. The summed E-state index contributed by atoms with van der Waals surface area (Å²) in [5.41, 5.74) is 0. The molecule has 1 aromatic heterocycles. The van der Waals surface area contributed by atoms with E-state index in [1.807, 2.05) is 18.2 Å². The molecule has 1 aliphatic rings. The van der Waals surface area contributed by atoms with Crippen LogP contribution in [0.4, 0.5) is 0 Å². The summed E-state index contributed by atoms with van der Waals surface area (Å²) in [4.78, 5) is 14.5. The molecule has 0 radical (unpaired) electrons. The van der Waals surface area contributed by atoms with Gasteiger partial charge in [-0.2, -0.15) is 0 Å². The van der Waals surface area contributed by atoms with E-state index in [1.165, 1.54) is 11.8 Å². The molecule has 1 fully saturated rings. The first-order chi connectivity index (χ1) is 10.0. The lowest BCUT2D eigenvalue weighted by molar-refractivity contribution is -0.536. The number of hydrogen-bond donors (Lipinski definition) is 0. The molecule has 2 heterocycles. The summed E-state index contributed by atoms with van der Waals surface area (Å²) >= 11 is 1.23. The van der Waals surface area contributed by atoms with Gasteiger partial charge in [-0.25, -0.2) is 4.98 Å². The molecule has 0 saturated carbocycles. The molecule has 5 nitrogen and oxygen atoms in total. The number of aromatic nitrogens is 1. The summed E-state index contributed by atoms with van der Waals surface area (Å²) in [6.07, 6.45) is 5.53. The van der Waals surface area contributed by atoms with Crippen LogP contribution in [-0.2, 0) is 4.74 Å². The molecule has 1 saturated heterocycles. The molecule has 0 bridgehead atoms. The Kier molecular flexibility index (Phi) is 5.58. The van der Waals surface area contributed by atoms with Gasteiger partial charge in [0, 0.05) is 31.1 Å². The Morgan fingerprint density at radius 3 is 2.95 bits per heavy atom. The van der Waals surface area contributed by atoms with Gasteiger partial charge in [0.2, 0.25) is 0 Å². The van der Waals surface area contributed by atoms with Crippen LogP contribution in [0.3, 0.4) is 0 Å². The van der Waals surface area contributed by atoms with Crippen molar-refractivity contribution < 1.29 is 9.66 Å². The van der Waals surface area contributed by atoms with Crippen molar-refractivity contribution in [3.8, 4) is 0 Å². The summed E-state index contributed by atoms with van der Waals surface area (Å²) in [7, 11) is 0. The zero-order valence-corrected chi connectivity index (χ0v) is 13.3. The SMILES string of the molecule is C[C@@H](CC(C)(Sc1ccccn1)[N+](=O)[O-])[C@@H]1CCCCO1. The molecule has 1 unspecified atom stereocenters. The molecule has 0 N–H and O–H groups in total. The molecule has 0 aromatic carbocycles. The quantitative estimate of drug-likeness (QED) is 0.346. The number of hydrogen-bond acceptors (Lipinski definition) is 5. The lowest BCUT2D eigenvalue weighted by Crippen LogP contribution is -2.37. The van der Waals surface area contributed by atoms with Gasteiger partial charge in [-0.3, -0.25) is 10.1 Å². The van der Waals surface area contributed by atoms with E-state index in [4.69, 9.17) is 4.74 Å². The van der Waals surface area contributed by atoms with Crippen LogP contribution < -0.4 is 0 Å². The molecule has 3 atom stereocenters. The van der Waals surface area contributed by atoms with Crippen LogP contribution in [0.25, 0.3) is 0 Å². The zero-order valence-electron chi connectivity index (χ0n) is 12.5. The van der Waals surface area contributed by atoms with Crippen molar-refractivity contribution in [2.75, 3.05) is 6.61 Å². The topological polar surface area (TPSA) is 65.3 Å². The summed E-state index contributed by atoms with van der Waals surface area (Å²) in [6, 6.07) is 5.48. The fraction of sp³-hybridized carbons (Fsp3) is 0.667. The van der Waals surface area contributed by atoms with Crippen molar-refractivity contribution >= 4 is 11.8 Å². The highest BCUT2D eigenvalue weighted by Gasteiger charge is 2.42. The smallest absolute Gasteiger partial charge is 0.270 e. The molecule has 1 aliphatic heterocycles. The summed E-state index contributed by atoms with van der Waals surface area (Å²) in [5.74, 6) is 0.164. The van der Waals surface area contributed by atoms with Gasteiger partial charge >= 0.3 is 0 Å². The molecule has 2 rings (SSSR count). The Morgan fingerprint density at radius 2 is 2.38 bits per heavy atom. The Morgan fingerprint density at radius 1 is 1.57 bits per heavy atom. The molecule has 1 aromatic rings. The molecule has 6 heteroatoms. The van der Waals surface area contributed by atoms with E-state index in [0.29, 0.717) is 11.4 Å². The number of ether oxygens (including phenoxy) is 1. The van der Waals surface area contributed by atoms with Gasteiger partial charge in [0.1, 0.15) is 5.03 Å². The predicted molar refractivity (Wildman–Crippen MR) is 82.9 cm³/mol. The van der Waals surface area contributed by atoms with Crippen molar-refractivity contribution in [3.63, 3.8) is 0 Å². The van der Waals surface area contributed by atoms with Gasteiger partial charge in [0.15, 0.2) is 0 Å². The highest BCUT2D eigenvalue weighted by molar-refractivity contribution is 8.00. The van der Waals surface area contributed by atoms with Crippen LogP contribution in [0, 0.1) is 16.0 Å². The van der Waals surface area contributed by atoms with E-state index in [1.54, 1.807) is 13.1 Å². The van der Waals surface area contributed by atoms with Gasteiger partial charge in [0.25, 0.3) is 4.87 Å². The number of thioether (sulfide) groups is 1. The van der Waals surface area contributed by atoms with Crippen LogP contribution in [0.1, 0.15) is 39.5 Å². The monoisotopic (exact) mass is 310 g/mol. The molecule has 116 valence electrons. The Bertz CT molecular complexity index is 465. The number of nitrogens with zero attached hydrogens (tertiary/aromatic N) is 2. The lowest BCUT2D eigenvalue weighted by Gasteiger charge is -2.31. The fourth-order valence-corrected chi connectivity index (χ4v) is 3.86. The maximum absolute atomic E-state index is 11.6. The third kappa shape index (κ3) is 4.41. The van der Waals surface area contributed by atoms with E-state index in [9.17, 15) is 10.1 Å². The Hall–Kier alpha value is -1.14. The van der Waals surface area contributed by atoms with Crippen LogP contribution >= 0.6 is 11.8 Å². The predicted octanol–water partition coefficient (Wildman–Crippen LogP) is 3.76. The van der Waals surface area contributed by atoms with E-state index >= 15 is 0 Å². The highest BCUT2D eigenvalue weighted by atomic mass is 32.2. The van der Waals surface area contributed by atoms with E-state index in [-0.39, 0.29) is 16.9 Å². The first kappa shape index (κ1) is 16.2. The van der Waals surface area contributed by atoms with Crippen LogP contribution in [-0.4, -0.2) is 27.5 Å². The van der Waals surface area contributed by atoms with E-state index in [0.717, 1.165) is 25.9 Å². The van der Waals surface area contributed by atoms with Gasteiger partial charge in [-0.1, -0.05) is 13.0 Å².